The van der Waals surface area contributed by atoms with Crippen LogP contribution in [0, 0.1) is 5.92 Å². The molecular weight excluding hydrogens is 330 g/mol. The van der Waals surface area contributed by atoms with E-state index in [1.807, 2.05) is 30.0 Å². The number of carbonyl (C=O) groups excluding carboxylic acids is 1. The van der Waals surface area contributed by atoms with Gasteiger partial charge >= 0.3 is 0 Å². The lowest BCUT2D eigenvalue weighted by atomic mass is 9.66. The van der Waals surface area contributed by atoms with E-state index in [0.29, 0.717) is 19.4 Å². The van der Waals surface area contributed by atoms with Crippen molar-refractivity contribution >= 4 is 5.91 Å². The summed E-state index contributed by atoms with van der Waals surface area (Å²) in [4.78, 5) is 14.9. The van der Waals surface area contributed by atoms with Gasteiger partial charge in [-0.3, -0.25) is 4.79 Å². The zero-order valence-electron chi connectivity index (χ0n) is 16.2. The van der Waals surface area contributed by atoms with Crippen molar-refractivity contribution in [1.82, 2.24) is 4.90 Å². The lowest BCUT2D eigenvalue weighted by Crippen LogP contribution is -2.56. The van der Waals surface area contributed by atoms with Crippen molar-refractivity contribution in [1.29, 1.82) is 0 Å². The number of hydrogen-bond acceptors (Lipinski definition) is 4. The molecule has 2 aliphatic rings. The van der Waals surface area contributed by atoms with Gasteiger partial charge in [-0.25, -0.2) is 0 Å². The fraction of sp³-hybridized carbons (Fsp3) is 0.667. The Hall–Kier alpha value is -1.75. The summed E-state index contributed by atoms with van der Waals surface area (Å²) >= 11 is 0. The highest BCUT2D eigenvalue weighted by molar-refractivity contribution is 5.77. The molecule has 1 heterocycles. The monoisotopic (exact) mass is 361 g/mol. The van der Waals surface area contributed by atoms with Gasteiger partial charge in [-0.1, -0.05) is 19.8 Å². The maximum absolute atomic E-state index is 12.9. The number of fused-ring (bicyclic) bond motifs is 1. The molecule has 0 radical (unpaired) electrons. The second-order valence-electron chi connectivity index (χ2n) is 7.60. The number of carbonyl (C=O) groups is 1. The van der Waals surface area contributed by atoms with Crippen molar-refractivity contribution in [2.24, 2.45) is 5.92 Å². The minimum Gasteiger partial charge on any atom is -0.497 e. The lowest BCUT2D eigenvalue weighted by Gasteiger charge is -2.52. The average Bonchev–Trinajstić information content (AvgIpc) is 2.66. The quantitative estimate of drug-likeness (QED) is 0.869. The number of piperidine rings is 1. The van der Waals surface area contributed by atoms with Crippen LogP contribution in [-0.2, 0) is 4.79 Å². The van der Waals surface area contributed by atoms with Crippen LogP contribution in [0.5, 0.6) is 11.5 Å². The minimum atomic E-state index is -0.694. The smallest absolute Gasteiger partial charge is 0.223 e. The lowest BCUT2D eigenvalue weighted by molar-refractivity contribution is -0.155. The first-order valence-electron chi connectivity index (χ1n) is 9.78. The van der Waals surface area contributed by atoms with Gasteiger partial charge in [0.05, 0.1) is 25.9 Å². The molecule has 2 fully saturated rings. The molecule has 1 saturated carbocycles. The maximum Gasteiger partial charge on any atom is 0.223 e. The van der Waals surface area contributed by atoms with E-state index in [-0.39, 0.29) is 17.9 Å². The van der Waals surface area contributed by atoms with Crippen molar-refractivity contribution < 1.29 is 19.4 Å². The Morgan fingerprint density at radius 1 is 1.27 bits per heavy atom. The Bertz CT molecular complexity index is 647. The molecule has 5 heteroatoms. The largest absolute Gasteiger partial charge is 0.497 e. The summed E-state index contributed by atoms with van der Waals surface area (Å²) in [5.74, 6) is 1.69. The van der Waals surface area contributed by atoms with Gasteiger partial charge in [0.15, 0.2) is 0 Å². The van der Waals surface area contributed by atoms with Crippen LogP contribution >= 0.6 is 0 Å². The van der Waals surface area contributed by atoms with Gasteiger partial charge in [0.25, 0.3) is 0 Å². The summed E-state index contributed by atoms with van der Waals surface area (Å²) in [7, 11) is 3.29. The van der Waals surface area contributed by atoms with Crippen LogP contribution in [0.3, 0.4) is 0 Å². The third-order valence-electron chi connectivity index (χ3n) is 6.11. The van der Waals surface area contributed by atoms with Gasteiger partial charge in [-0.05, 0) is 43.9 Å². The minimum absolute atomic E-state index is 0.0341. The number of hydrogen-bond donors (Lipinski definition) is 1. The van der Waals surface area contributed by atoms with Crippen molar-refractivity contribution in [3.63, 3.8) is 0 Å². The fourth-order valence-corrected chi connectivity index (χ4v) is 4.77. The molecule has 0 aromatic heterocycles. The van der Waals surface area contributed by atoms with E-state index in [1.54, 1.807) is 14.2 Å². The first-order valence-corrected chi connectivity index (χ1v) is 9.78. The molecule has 1 amide bonds. The summed E-state index contributed by atoms with van der Waals surface area (Å²) in [6.07, 6.45) is 5.91. The molecule has 2 unspecified atom stereocenters. The third kappa shape index (κ3) is 3.41. The van der Waals surface area contributed by atoms with E-state index >= 15 is 0 Å². The molecule has 3 atom stereocenters. The molecule has 144 valence electrons. The van der Waals surface area contributed by atoms with Crippen LogP contribution in [-0.4, -0.2) is 42.3 Å². The summed E-state index contributed by atoms with van der Waals surface area (Å²) in [6, 6.07) is 5.57. The van der Waals surface area contributed by atoms with Crippen LogP contribution in [0.1, 0.15) is 63.5 Å². The zero-order valence-corrected chi connectivity index (χ0v) is 16.2. The Morgan fingerprint density at radius 3 is 2.77 bits per heavy atom. The summed E-state index contributed by atoms with van der Waals surface area (Å²) < 4.78 is 11.1. The molecule has 1 N–H and O–H groups in total. The normalized spacial score (nSPS) is 28.4. The Balaban J connectivity index is 2.08. The predicted molar refractivity (Wildman–Crippen MR) is 100 cm³/mol. The SMILES string of the molecule is CCCC(=O)N1CCC2(O)CCCCC2[C@@H]1c1cc(OC)ccc1OC. The number of amides is 1. The van der Waals surface area contributed by atoms with E-state index in [9.17, 15) is 9.90 Å². The van der Waals surface area contributed by atoms with E-state index in [0.717, 1.165) is 49.2 Å². The van der Waals surface area contributed by atoms with Gasteiger partial charge in [-0.15, -0.1) is 0 Å². The fourth-order valence-electron chi connectivity index (χ4n) is 4.77. The molecule has 26 heavy (non-hydrogen) atoms. The van der Waals surface area contributed by atoms with E-state index < -0.39 is 5.60 Å². The topological polar surface area (TPSA) is 59.0 Å². The molecule has 0 bridgehead atoms. The average molecular weight is 361 g/mol. The van der Waals surface area contributed by atoms with E-state index in [2.05, 4.69) is 0 Å². The molecule has 3 rings (SSSR count). The molecule has 1 aliphatic carbocycles. The Morgan fingerprint density at radius 2 is 2.08 bits per heavy atom. The van der Waals surface area contributed by atoms with Gasteiger partial charge in [0.1, 0.15) is 11.5 Å². The molecule has 1 saturated heterocycles. The van der Waals surface area contributed by atoms with Gasteiger partial charge in [0.2, 0.25) is 5.91 Å². The second-order valence-corrected chi connectivity index (χ2v) is 7.60. The molecule has 0 spiro atoms. The number of aliphatic hydroxyl groups is 1. The van der Waals surface area contributed by atoms with Crippen molar-refractivity contribution in [2.75, 3.05) is 20.8 Å². The number of rotatable bonds is 5. The highest BCUT2D eigenvalue weighted by Gasteiger charge is 2.50. The Kier molecular flexibility index (Phi) is 5.76. The van der Waals surface area contributed by atoms with E-state index in [1.165, 1.54) is 0 Å². The number of methoxy groups -OCH3 is 2. The molecule has 1 aromatic rings. The number of benzene rings is 1. The number of nitrogens with zero attached hydrogens (tertiary/aromatic N) is 1. The highest BCUT2D eigenvalue weighted by Crippen LogP contribution is 2.51. The standard InChI is InChI=1S/C21H31NO4/c1-4-7-19(23)22-13-12-21(24)11-6-5-8-17(21)20(22)16-14-15(25-2)9-10-18(16)26-3/h9-10,14,17,20,24H,4-8,11-13H2,1-3H3/t17?,20-,21?/m0/s1. The second kappa shape index (κ2) is 7.87. The van der Waals surface area contributed by atoms with Crippen LogP contribution < -0.4 is 9.47 Å². The molecule has 5 nitrogen and oxygen atoms in total. The summed E-state index contributed by atoms with van der Waals surface area (Å²) in [5, 5.41) is 11.3. The van der Waals surface area contributed by atoms with Crippen molar-refractivity contribution in [2.45, 2.75) is 63.5 Å². The molecule has 1 aromatic carbocycles. The first-order chi connectivity index (χ1) is 12.5. The van der Waals surface area contributed by atoms with Crippen LogP contribution in [0.25, 0.3) is 0 Å². The van der Waals surface area contributed by atoms with Crippen LogP contribution in [0.2, 0.25) is 0 Å². The summed E-state index contributed by atoms with van der Waals surface area (Å²) in [5.41, 5.74) is 0.251. The van der Waals surface area contributed by atoms with Gasteiger partial charge in [-0.2, -0.15) is 0 Å². The van der Waals surface area contributed by atoms with E-state index in [4.69, 9.17) is 9.47 Å². The number of ether oxygens (including phenoxy) is 2. The molecule has 1 aliphatic heterocycles. The van der Waals surface area contributed by atoms with Crippen molar-refractivity contribution in [3.8, 4) is 11.5 Å². The first kappa shape index (κ1) is 19.0. The van der Waals surface area contributed by atoms with Gasteiger partial charge in [0, 0.05) is 24.4 Å². The maximum atomic E-state index is 12.9. The summed E-state index contributed by atoms with van der Waals surface area (Å²) in [6.45, 7) is 2.62. The predicted octanol–water partition coefficient (Wildman–Crippen LogP) is 3.70. The van der Waals surface area contributed by atoms with Crippen LogP contribution in [0.4, 0.5) is 0 Å². The number of likely N-dealkylation sites (tertiary alicyclic amines) is 1. The Labute approximate surface area is 156 Å². The van der Waals surface area contributed by atoms with Gasteiger partial charge < -0.3 is 19.5 Å². The zero-order chi connectivity index (χ0) is 18.7. The highest BCUT2D eigenvalue weighted by atomic mass is 16.5. The molecular formula is C21H31NO4. The third-order valence-corrected chi connectivity index (χ3v) is 6.11. The van der Waals surface area contributed by atoms with Crippen molar-refractivity contribution in [3.05, 3.63) is 23.8 Å². The van der Waals surface area contributed by atoms with Crippen LogP contribution in [0.15, 0.2) is 18.2 Å².